The molecule has 3 rings (SSSR count). The lowest BCUT2D eigenvalue weighted by molar-refractivity contribution is 0.0828. The average Bonchev–Trinajstić information content (AvgIpc) is 2.56. The van der Waals surface area contributed by atoms with Crippen molar-refractivity contribution in [2.45, 2.75) is 13.2 Å². The smallest absolute Gasteiger partial charge is 0.224 e. The Bertz CT molecular complexity index is 495. The lowest BCUT2D eigenvalue weighted by Crippen LogP contribution is -2.16. The quantitative estimate of drug-likeness (QED) is 0.609. The summed E-state index contributed by atoms with van der Waals surface area (Å²) in [5.41, 5.74) is 1.57. The van der Waals surface area contributed by atoms with E-state index in [1.54, 1.807) is 6.20 Å². The third-order valence-corrected chi connectivity index (χ3v) is 2.41. The number of halogens is 1. The normalized spacial score (nSPS) is 15.8. The van der Waals surface area contributed by atoms with Gasteiger partial charge in [-0.2, -0.15) is 4.98 Å². The van der Waals surface area contributed by atoms with Crippen molar-refractivity contribution in [3.63, 3.8) is 0 Å². The third kappa shape index (κ3) is 1.09. The first-order valence-electron chi connectivity index (χ1n) is 4.30. The van der Waals surface area contributed by atoms with Crippen LogP contribution < -0.4 is 0 Å². The second-order valence-electron chi connectivity index (χ2n) is 3.08. The molecule has 6 heteroatoms. The van der Waals surface area contributed by atoms with Gasteiger partial charge in [0.05, 0.1) is 12.8 Å². The first-order valence-corrected chi connectivity index (χ1v) is 4.68. The van der Waals surface area contributed by atoms with Crippen LogP contribution in [0.2, 0.25) is 5.28 Å². The van der Waals surface area contributed by atoms with Gasteiger partial charge in [-0.3, -0.25) is 0 Å². The van der Waals surface area contributed by atoms with Crippen molar-refractivity contribution in [3.05, 3.63) is 17.3 Å². The minimum absolute atomic E-state index is 0.256. The van der Waals surface area contributed by atoms with Crippen LogP contribution in [0.3, 0.4) is 0 Å². The fraction of sp³-hybridized carbons (Fsp3) is 0.375. The first kappa shape index (κ1) is 8.14. The first-order chi connectivity index (χ1) is 6.84. The highest BCUT2D eigenvalue weighted by atomic mass is 35.5. The highest BCUT2D eigenvalue weighted by molar-refractivity contribution is 6.28. The van der Waals surface area contributed by atoms with Gasteiger partial charge in [0.15, 0.2) is 5.65 Å². The molecule has 0 unspecified atom stereocenters. The highest BCUT2D eigenvalue weighted by Gasteiger charge is 2.16. The Morgan fingerprint density at radius 3 is 3.29 bits per heavy atom. The van der Waals surface area contributed by atoms with Crippen LogP contribution in [-0.2, 0) is 17.9 Å². The van der Waals surface area contributed by atoms with Crippen LogP contribution in [0.25, 0.3) is 11.2 Å². The van der Waals surface area contributed by atoms with Crippen LogP contribution in [0.15, 0.2) is 6.20 Å². The summed E-state index contributed by atoms with van der Waals surface area (Å²) in [7, 11) is 0. The van der Waals surface area contributed by atoms with Crippen molar-refractivity contribution >= 4 is 22.8 Å². The van der Waals surface area contributed by atoms with E-state index in [1.165, 1.54) is 0 Å². The van der Waals surface area contributed by atoms with E-state index in [1.807, 2.05) is 4.57 Å². The number of fused-ring (bicyclic) bond motifs is 3. The number of rotatable bonds is 0. The second-order valence-corrected chi connectivity index (χ2v) is 3.42. The van der Waals surface area contributed by atoms with Crippen LogP contribution in [0.5, 0.6) is 0 Å². The van der Waals surface area contributed by atoms with Gasteiger partial charge < -0.3 is 9.30 Å². The lowest BCUT2D eigenvalue weighted by Gasteiger charge is -2.13. The van der Waals surface area contributed by atoms with Crippen LogP contribution in [0, 0.1) is 0 Å². The minimum Gasteiger partial charge on any atom is -0.372 e. The summed E-state index contributed by atoms with van der Waals surface area (Å²) in [5.74, 6) is 0.891. The van der Waals surface area contributed by atoms with Gasteiger partial charge in [0.25, 0.3) is 0 Å². The summed E-state index contributed by atoms with van der Waals surface area (Å²) in [6.45, 7) is 2.01. The monoisotopic (exact) mass is 210 g/mol. The predicted octanol–water partition coefficient (Wildman–Crippen LogP) is 1.01. The van der Waals surface area contributed by atoms with Gasteiger partial charge in [0.1, 0.15) is 17.9 Å². The van der Waals surface area contributed by atoms with Gasteiger partial charge in [0.2, 0.25) is 5.28 Å². The average molecular weight is 211 g/mol. The van der Waals surface area contributed by atoms with E-state index in [2.05, 4.69) is 15.0 Å². The molecule has 0 spiro atoms. The van der Waals surface area contributed by atoms with Gasteiger partial charge in [-0.05, 0) is 11.6 Å². The molecule has 0 aliphatic carbocycles. The maximum Gasteiger partial charge on any atom is 0.224 e. The molecule has 0 atom stereocenters. The molecule has 5 nitrogen and oxygen atoms in total. The zero-order valence-electron chi connectivity index (χ0n) is 7.27. The standard InChI is InChI=1S/C8H7ClN4O/c9-8-10-3-5-7(12-8)13-1-2-14-4-6(13)11-5/h3H,1-2,4H2. The molecule has 0 saturated heterocycles. The van der Waals surface area contributed by atoms with Crippen molar-refractivity contribution < 1.29 is 4.74 Å². The molecule has 0 bridgehead atoms. The highest BCUT2D eigenvalue weighted by Crippen LogP contribution is 2.18. The SMILES string of the molecule is Clc1ncc2nc3n(c2n1)CCOC3. The van der Waals surface area contributed by atoms with E-state index < -0.39 is 0 Å². The zero-order chi connectivity index (χ0) is 9.54. The Kier molecular flexibility index (Phi) is 1.68. The van der Waals surface area contributed by atoms with Crippen LogP contribution in [-0.4, -0.2) is 26.1 Å². The largest absolute Gasteiger partial charge is 0.372 e. The molecule has 2 aromatic heterocycles. The maximum atomic E-state index is 5.72. The van der Waals surface area contributed by atoms with E-state index in [0.717, 1.165) is 23.5 Å². The Morgan fingerprint density at radius 1 is 1.43 bits per heavy atom. The molecule has 14 heavy (non-hydrogen) atoms. The summed E-state index contributed by atoms with van der Waals surface area (Å²) in [6, 6.07) is 0. The van der Waals surface area contributed by atoms with E-state index in [4.69, 9.17) is 16.3 Å². The summed E-state index contributed by atoms with van der Waals surface area (Å²) in [4.78, 5) is 12.4. The molecule has 1 aliphatic rings. The number of ether oxygens (including phenoxy) is 1. The van der Waals surface area contributed by atoms with Crippen molar-refractivity contribution in [2.75, 3.05) is 6.61 Å². The van der Waals surface area contributed by atoms with Gasteiger partial charge in [-0.15, -0.1) is 0 Å². The topological polar surface area (TPSA) is 52.8 Å². The number of hydrogen-bond donors (Lipinski definition) is 0. The molecule has 1 aliphatic heterocycles. The Balaban J connectivity index is 2.32. The molecule has 0 amide bonds. The fourth-order valence-electron chi connectivity index (χ4n) is 1.61. The zero-order valence-corrected chi connectivity index (χ0v) is 8.03. The molecule has 0 saturated carbocycles. The van der Waals surface area contributed by atoms with E-state index in [0.29, 0.717) is 13.2 Å². The molecule has 2 aromatic rings. The second kappa shape index (κ2) is 2.90. The van der Waals surface area contributed by atoms with Crippen LogP contribution >= 0.6 is 11.6 Å². The van der Waals surface area contributed by atoms with Gasteiger partial charge in [-0.1, -0.05) is 0 Å². The maximum absolute atomic E-state index is 5.72. The summed E-state index contributed by atoms with van der Waals surface area (Å²) < 4.78 is 7.31. The summed E-state index contributed by atoms with van der Waals surface area (Å²) in [5, 5.41) is 0.256. The summed E-state index contributed by atoms with van der Waals surface area (Å²) >= 11 is 5.72. The molecule has 0 fully saturated rings. The predicted molar refractivity (Wildman–Crippen MR) is 50.0 cm³/mol. The number of nitrogens with zero attached hydrogens (tertiary/aromatic N) is 4. The van der Waals surface area contributed by atoms with Crippen LogP contribution in [0.4, 0.5) is 0 Å². The minimum atomic E-state index is 0.256. The Hall–Kier alpha value is -1.20. The molecule has 0 aromatic carbocycles. The molecular weight excluding hydrogens is 204 g/mol. The van der Waals surface area contributed by atoms with Crippen molar-refractivity contribution in [1.29, 1.82) is 0 Å². The molecule has 0 radical (unpaired) electrons. The van der Waals surface area contributed by atoms with Crippen molar-refractivity contribution in [2.24, 2.45) is 0 Å². The number of hydrogen-bond acceptors (Lipinski definition) is 4. The molecule has 72 valence electrons. The molecule has 3 heterocycles. The lowest BCUT2D eigenvalue weighted by atomic mass is 10.5. The molecular formula is C8H7ClN4O. The van der Waals surface area contributed by atoms with Crippen molar-refractivity contribution in [1.82, 2.24) is 19.5 Å². The van der Waals surface area contributed by atoms with Crippen molar-refractivity contribution in [3.8, 4) is 0 Å². The Morgan fingerprint density at radius 2 is 2.36 bits per heavy atom. The van der Waals surface area contributed by atoms with E-state index in [9.17, 15) is 0 Å². The van der Waals surface area contributed by atoms with Gasteiger partial charge in [-0.25, -0.2) is 9.97 Å². The Labute approximate surface area is 84.7 Å². The van der Waals surface area contributed by atoms with E-state index in [-0.39, 0.29) is 5.28 Å². The van der Waals surface area contributed by atoms with Gasteiger partial charge in [0, 0.05) is 6.54 Å². The fourth-order valence-corrected chi connectivity index (χ4v) is 1.74. The summed E-state index contributed by atoms with van der Waals surface area (Å²) in [6.07, 6.45) is 1.63. The third-order valence-electron chi connectivity index (χ3n) is 2.23. The van der Waals surface area contributed by atoms with Gasteiger partial charge >= 0.3 is 0 Å². The number of imidazole rings is 1. The molecule has 0 N–H and O–H groups in total. The number of aromatic nitrogens is 4. The van der Waals surface area contributed by atoms with E-state index >= 15 is 0 Å². The van der Waals surface area contributed by atoms with Crippen LogP contribution in [0.1, 0.15) is 5.82 Å².